The standard InChI is InChI=1S/C20H24O7/c1-6-11(2)19(23)27-18(20(3,4)24)17(22)13-9-12-7-8-16(21)26-14(12)10-15(13)25-5/h6-10,17-18,22,24H,1-5H3/b11-6-/t17-,18+/m1/s1. The number of rotatable bonds is 6. The highest BCUT2D eigenvalue weighted by molar-refractivity contribution is 5.88. The highest BCUT2D eigenvalue weighted by atomic mass is 16.6. The smallest absolute Gasteiger partial charge is 0.336 e. The van der Waals surface area contributed by atoms with Crippen molar-refractivity contribution in [1.82, 2.24) is 0 Å². The molecule has 0 amide bonds. The second-order valence-electron chi connectivity index (χ2n) is 6.78. The van der Waals surface area contributed by atoms with Crippen LogP contribution in [0.4, 0.5) is 0 Å². The van der Waals surface area contributed by atoms with E-state index >= 15 is 0 Å². The van der Waals surface area contributed by atoms with Gasteiger partial charge in [0.25, 0.3) is 0 Å². The lowest BCUT2D eigenvalue weighted by Gasteiger charge is -2.33. The number of esters is 1. The van der Waals surface area contributed by atoms with E-state index in [1.54, 1.807) is 32.1 Å². The molecule has 2 atom stereocenters. The third kappa shape index (κ3) is 4.56. The Morgan fingerprint density at radius 3 is 2.52 bits per heavy atom. The van der Waals surface area contributed by atoms with Crippen molar-refractivity contribution in [1.29, 1.82) is 0 Å². The topological polar surface area (TPSA) is 106 Å². The van der Waals surface area contributed by atoms with Crippen molar-refractivity contribution in [2.45, 2.75) is 45.5 Å². The number of methoxy groups -OCH3 is 1. The maximum Gasteiger partial charge on any atom is 0.336 e. The summed E-state index contributed by atoms with van der Waals surface area (Å²) >= 11 is 0. The number of hydrogen-bond donors (Lipinski definition) is 2. The van der Waals surface area contributed by atoms with Crippen molar-refractivity contribution in [3.8, 4) is 5.75 Å². The van der Waals surface area contributed by atoms with E-state index in [1.807, 2.05) is 0 Å². The van der Waals surface area contributed by atoms with E-state index in [4.69, 9.17) is 13.9 Å². The minimum atomic E-state index is -1.54. The predicted octanol–water partition coefficient (Wildman–Crippen LogP) is 2.48. The number of carbonyl (C=O) groups is 1. The molecule has 0 fully saturated rings. The Kier molecular flexibility index (Phi) is 6.08. The third-order valence-electron chi connectivity index (χ3n) is 4.26. The van der Waals surface area contributed by atoms with Crippen LogP contribution in [0, 0.1) is 0 Å². The summed E-state index contributed by atoms with van der Waals surface area (Å²) in [5, 5.41) is 21.9. The Morgan fingerprint density at radius 1 is 1.30 bits per heavy atom. The van der Waals surface area contributed by atoms with E-state index in [0.29, 0.717) is 11.0 Å². The molecule has 0 spiro atoms. The zero-order valence-corrected chi connectivity index (χ0v) is 16.0. The number of aliphatic hydroxyl groups is 2. The zero-order valence-electron chi connectivity index (χ0n) is 16.0. The molecule has 0 saturated carbocycles. The van der Waals surface area contributed by atoms with Gasteiger partial charge in [-0.15, -0.1) is 0 Å². The van der Waals surface area contributed by atoms with Gasteiger partial charge in [-0.1, -0.05) is 6.08 Å². The fourth-order valence-electron chi connectivity index (χ4n) is 2.61. The Labute approximate surface area is 156 Å². The molecular formula is C20H24O7. The lowest BCUT2D eigenvalue weighted by molar-refractivity contribution is -0.172. The van der Waals surface area contributed by atoms with Crippen molar-refractivity contribution >= 4 is 16.9 Å². The first-order valence-electron chi connectivity index (χ1n) is 8.44. The summed E-state index contributed by atoms with van der Waals surface area (Å²) in [6, 6.07) is 5.84. The number of hydrogen-bond acceptors (Lipinski definition) is 7. The molecule has 0 aliphatic rings. The maximum absolute atomic E-state index is 12.2. The summed E-state index contributed by atoms with van der Waals surface area (Å²) in [7, 11) is 1.40. The van der Waals surface area contributed by atoms with Gasteiger partial charge < -0.3 is 24.1 Å². The van der Waals surface area contributed by atoms with Crippen molar-refractivity contribution in [2.24, 2.45) is 0 Å². The Bertz CT molecular complexity index is 918. The monoisotopic (exact) mass is 376 g/mol. The van der Waals surface area contributed by atoms with E-state index in [-0.39, 0.29) is 16.9 Å². The largest absolute Gasteiger partial charge is 0.496 e. The van der Waals surface area contributed by atoms with Gasteiger partial charge in [-0.05, 0) is 39.8 Å². The summed E-state index contributed by atoms with van der Waals surface area (Å²) in [6.07, 6.45) is -1.07. The molecule has 146 valence electrons. The summed E-state index contributed by atoms with van der Waals surface area (Å²) < 4.78 is 15.8. The van der Waals surface area contributed by atoms with E-state index in [0.717, 1.165) is 0 Å². The third-order valence-corrected chi connectivity index (χ3v) is 4.26. The number of carbonyl (C=O) groups excluding carboxylic acids is 1. The fraction of sp³-hybridized carbons (Fsp3) is 0.400. The van der Waals surface area contributed by atoms with Crippen molar-refractivity contribution in [3.63, 3.8) is 0 Å². The molecule has 1 heterocycles. The molecule has 0 aliphatic heterocycles. The van der Waals surface area contributed by atoms with Gasteiger partial charge in [0, 0.05) is 28.7 Å². The molecular weight excluding hydrogens is 352 g/mol. The van der Waals surface area contributed by atoms with E-state index in [2.05, 4.69) is 0 Å². The number of fused-ring (bicyclic) bond motifs is 1. The summed E-state index contributed by atoms with van der Waals surface area (Å²) in [6.45, 7) is 6.14. The van der Waals surface area contributed by atoms with Gasteiger partial charge in [0.05, 0.1) is 12.7 Å². The zero-order chi connectivity index (χ0) is 20.4. The number of aliphatic hydroxyl groups excluding tert-OH is 1. The van der Waals surface area contributed by atoms with Crippen LogP contribution in [-0.2, 0) is 9.53 Å². The molecule has 0 unspecified atom stereocenters. The van der Waals surface area contributed by atoms with Crippen LogP contribution in [0.1, 0.15) is 39.4 Å². The lowest BCUT2D eigenvalue weighted by atomic mass is 9.91. The van der Waals surface area contributed by atoms with Crippen molar-refractivity contribution in [3.05, 3.63) is 51.9 Å². The first kappa shape index (κ1) is 20.7. The van der Waals surface area contributed by atoms with E-state index < -0.39 is 29.4 Å². The summed E-state index contributed by atoms with van der Waals surface area (Å²) in [4.78, 5) is 23.6. The highest BCUT2D eigenvalue weighted by Crippen LogP contribution is 2.35. The molecule has 2 N–H and O–H groups in total. The first-order chi connectivity index (χ1) is 12.6. The molecule has 0 radical (unpaired) electrons. The van der Waals surface area contributed by atoms with Crippen LogP contribution in [0.25, 0.3) is 11.0 Å². The number of ether oxygens (including phenoxy) is 2. The summed E-state index contributed by atoms with van der Waals surface area (Å²) in [5.74, 6) is -0.410. The van der Waals surface area contributed by atoms with Gasteiger partial charge in [0.15, 0.2) is 6.10 Å². The van der Waals surface area contributed by atoms with Crippen LogP contribution in [0.15, 0.2) is 45.1 Å². The van der Waals surface area contributed by atoms with Crippen LogP contribution >= 0.6 is 0 Å². The van der Waals surface area contributed by atoms with E-state index in [9.17, 15) is 19.8 Å². The van der Waals surface area contributed by atoms with Crippen LogP contribution in [0.5, 0.6) is 5.75 Å². The molecule has 2 rings (SSSR count). The molecule has 7 heteroatoms. The second-order valence-corrected chi connectivity index (χ2v) is 6.78. The van der Waals surface area contributed by atoms with Crippen molar-refractivity contribution in [2.75, 3.05) is 7.11 Å². The van der Waals surface area contributed by atoms with Gasteiger partial charge in [0.2, 0.25) is 0 Å². The van der Waals surface area contributed by atoms with Gasteiger partial charge in [-0.2, -0.15) is 0 Å². The molecule has 0 aliphatic carbocycles. The lowest BCUT2D eigenvalue weighted by Crippen LogP contribution is -2.44. The quantitative estimate of drug-likeness (QED) is 0.453. The van der Waals surface area contributed by atoms with Crippen molar-refractivity contribution < 1.29 is 28.9 Å². The molecule has 0 saturated heterocycles. The second kappa shape index (κ2) is 7.94. The molecule has 2 aromatic rings. The summed E-state index contributed by atoms with van der Waals surface area (Å²) in [5.41, 5.74) is -1.12. The molecule has 0 bridgehead atoms. The number of allylic oxidation sites excluding steroid dienone is 1. The highest BCUT2D eigenvalue weighted by Gasteiger charge is 2.39. The molecule has 7 nitrogen and oxygen atoms in total. The van der Waals surface area contributed by atoms with Crippen LogP contribution in [0.3, 0.4) is 0 Å². The fourth-order valence-corrected chi connectivity index (χ4v) is 2.61. The van der Waals surface area contributed by atoms with E-state index in [1.165, 1.54) is 33.1 Å². The van der Waals surface area contributed by atoms with Gasteiger partial charge >= 0.3 is 11.6 Å². The normalized spacial score (nSPS) is 14.7. The SMILES string of the molecule is C/C=C(/C)C(=O)O[C@@H]([C@H](O)c1cc2ccc(=O)oc2cc1OC)C(C)(C)O. The molecule has 1 aromatic carbocycles. The molecule has 27 heavy (non-hydrogen) atoms. The average Bonchev–Trinajstić information content (AvgIpc) is 2.62. The van der Waals surface area contributed by atoms with Gasteiger partial charge in [0.1, 0.15) is 17.4 Å². The number of benzene rings is 1. The van der Waals surface area contributed by atoms with Crippen LogP contribution in [-0.4, -0.2) is 35.0 Å². The van der Waals surface area contributed by atoms with Crippen LogP contribution < -0.4 is 10.4 Å². The van der Waals surface area contributed by atoms with Gasteiger partial charge in [-0.3, -0.25) is 0 Å². The predicted molar refractivity (Wildman–Crippen MR) is 99.6 cm³/mol. The Balaban J connectivity index is 2.53. The molecule has 1 aromatic heterocycles. The minimum absolute atomic E-state index is 0.234. The Hall–Kier alpha value is -2.64. The average molecular weight is 376 g/mol. The maximum atomic E-state index is 12.2. The minimum Gasteiger partial charge on any atom is -0.496 e. The Morgan fingerprint density at radius 2 is 1.96 bits per heavy atom. The van der Waals surface area contributed by atoms with Gasteiger partial charge in [-0.25, -0.2) is 9.59 Å². The van der Waals surface area contributed by atoms with Crippen LogP contribution in [0.2, 0.25) is 0 Å². The first-order valence-corrected chi connectivity index (χ1v) is 8.44.